The van der Waals surface area contributed by atoms with E-state index in [2.05, 4.69) is 10.6 Å². The fourth-order valence-corrected chi connectivity index (χ4v) is 9.34. The van der Waals surface area contributed by atoms with E-state index in [-0.39, 0.29) is 66.3 Å². The molecule has 2 aromatic carbocycles. The number of carbonyl (C=O) groups is 6. The molecule has 1 unspecified atom stereocenters. The van der Waals surface area contributed by atoms with Gasteiger partial charge in [-0.1, -0.05) is 6.07 Å². The van der Waals surface area contributed by atoms with Crippen LogP contribution in [0.4, 0.5) is 14.5 Å². The third-order valence-corrected chi connectivity index (χ3v) is 12.6. The lowest BCUT2D eigenvalue weighted by Crippen LogP contribution is -2.54. The van der Waals surface area contributed by atoms with Crippen LogP contribution in [0, 0.1) is 12.3 Å². The molecule has 306 valence electrons. The summed E-state index contributed by atoms with van der Waals surface area (Å²) in [7, 11) is 0. The summed E-state index contributed by atoms with van der Waals surface area (Å²) in [5.74, 6) is -2.05. The van der Waals surface area contributed by atoms with Gasteiger partial charge in [-0.2, -0.15) is 0 Å². The SMILES string of the molecule is CC(=O)N1CCC(NC2CCN(C(=O)CN3CCc4cc5c(cc4C3)C(=O)N(C3CCC(=O)NC3=O)C5=O)CC2)=C(C(=N)N2CCCc3cc(C)c(C(F)F)cc32)C1. The van der Waals surface area contributed by atoms with Gasteiger partial charge in [-0.15, -0.1) is 0 Å². The predicted octanol–water partition coefficient (Wildman–Crippen LogP) is 3.21. The molecule has 2 aromatic rings. The zero-order chi connectivity index (χ0) is 41.0. The number of imide groups is 2. The molecule has 6 amide bonds. The highest BCUT2D eigenvalue weighted by atomic mass is 19.3. The maximum atomic E-state index is 13.9. The summed E-state index contributed by atoms with van der Waals surface area (Å²) in [5.41, 5.74) is 5.88. The molecule has 6 heterocycles. The number of hydrogen-bond donors (Lipinski definition) is 3. The Hall–Kier alpha value is -5.51. The number of nitrogens with one attached hydrogen (secondary N) is 3. The summed E-state index contributed by atoms with van der Waals surface area (Å²) in [4.78, 5) is 85.3. The van der Waals surface area contributed by atoms with E-state index in [4.69, 9.17) is 0 Å². The van der Waals surface area contributed by atoms with Gasteiger partial charge in [0.25, 0.3) is 18.2 Å². The van der Waals surface area contributed by atoms with Crippen LogP contribution >= 0.6 is 0 Å². The number of hydrogen-bond acceptors (Lipinski definition) is 9. The van der Waals surface area contributed by atoms with Crippen LogP contribution in [-0.4, -0.2) is 119 Å². The van der Waals surface area contributed by atoms with E-state index in [0.717, 1.165) is 40.1 Å². The van der Waals surface area contributed by atoms with E-state index < -0.39 is 36.1 Å². The Morgan fingerprint density at radius 1 is 0.845 bits per heavy atom. The molecule has 0 aliphatic carbocycles. The smallest absolute Gasteiger partial charge is 0.264 e. The van der Waals surface area contributed by atoms with Crippen LogP contribution in [0.1, 0.15) is 100 Å². The summed E-state index contributed by atoms with van der Waals surface area (Å²) in [6.07, 6.45) is 1.52. The average Bonchev–Trinajstić information content (AvgIpc) is 3.43. The number of fused-ring (bicyclic) bond motifs is 3. The number of amides is 6. The first-order chi connectivity index (χ1) is 27.8. The van der Waals surface area contributed by atoms with Crippen molar-refractivity contribution in [3.63, 3.8) is 0 Å². The molecule has 6 aliphatic rings. The Kier molecular flexibility index (Phi) is 10.6. The molecule has 58 heavy (non-hydrogen) atoms. The molecule has 6 aliphatic heterocycles. The number of anilines is 1. The fourth-order valence-electron chi connectivity index (χ4n) is 9.34. The van der Waals surface area contributed by atoms with Crippen LogP contribution in [-0.2, 0) is 38.6 Å². The molecule has 3 N–H and O–H groups in total. The Morgan fingerprint density at radius 3 is 2.26 bits per heavy atom. The second-order valence-corrected chi connectivity index (χ2v) is 16.3. The van der Waals surface area contributed by atoms with Crippen LogP contribution in [0.15, 0.2) is 35.5 Å². The van der Waals surface area contributed by atoms with Crippen LogP contribution in [0.5, 0.6) is 0 Å². The van der Waals surface area contributed by atoms with Gasteiger partial charge in [-0.05, 0) is 85.9 Å². The fraction of sp³-hybridized carbons (Fsp3) is 0.500. The quantitative estimate of drug-likeness (QED) is 0.217. The van der Waals surface area contributed by atoms with Crippen molar-refractivity contribution < 1.29 is 37.5 Å². The second-order valence-electron chi connectivity index (χ2n) is 16.3. The van der Waals surface area contributed by atoms with Gasteiger partial charge in [0.2, 0.25) is 23.6 Å². The van der Waals surface area contributed by atoms with Crippen molar-refractivity contribution in [1.29, 1.82) is 5.41 Å². The number of rotatable bonds is 7. The molecule has 0 bridgehead atoms. The van der Waals surface area contributed by atoms with Crippen LogP contribution in [0.2, 0.25) is 0 Å². The molecule has 14 nitrogen and oxygen atoms in total. The number of aryl methyl sites for hydroxylation is 2. The van der Waals surface area contributed by atoms with Gasteiger partial charge in [0.15, 0.2) is 0 Å². The van der Waals surface area contributed by atoms with Gasteiger partial charge in [0.1, 0.15) is 11.9 Å². The summed E-state index contributed by atoms with van der Waals surface area (Å²) >= 11 is 0. The van der Waals surface area contributed by atoms with E-state index >= 15 is 0 Å². The van der Waals surface area contributed by atoms with E-state index in [1.54, 1.807) is 24.0 Å². The van der Waals surface area contributed by atoms with Crippen LogP contribution in [0.3, 0.4) is 0 Å². The lowest BCUT2D eigenvalue weighted by molar-refractivity contribution is -0.136. The Balaban J connectivity index is 0.900. The zero-order valence-electron chi connectivity index (χ0n) is 32.8. The largest absolute Gasteiger partial charge is 0.385 e. The molecule has 1 atom stereocenters. The van der Waals surface area contributed by atoms with Crippen LogP contribution < -0.4 is 15.5 Å². The van der Waals surface area contributed by atoms with Gasteiger partial charge >= 0.3 is 0 Å². The van der Waals surface area contributed by atoms with Crippen molar-refractivity contribution >= 4 is 47.0 Å². The minimum absolute atomic E-state index is 0.00281. The lowest BCUT2D eigenvalue weighted by atomic mass is 9.94. The van der Waals surface area contributed by atoms with E-state index in [1.807, 2.05) is 20.8 Å². The Bertz CT molecular complexity index is 2160. The first-order valence-corrected chi connectivity index (χ1v) is 20.2. The minimum Gasteiger partial charge on any atom is -0.385 e. The number of halogens is 2. The first kappa shape index (κ1) is 39.3. The number of likely N-dealkylation sites (tertiary alicyclic amines) is 1. The number of carbonyl (C=O) groups excluding carboxylic acids is 6. The maximum Gasteiger partial charge on any atom is 0.264 e. The summed E-state index contributed by atoms with van der Waals surface area (Å²) in [6, 6.07) is 5.77. The number of nitrogens with zero attached hydrogens (tertiary/aromatic N) is 5. The van der Waals surface area contributed by atoms with Crippen molar-refractivity contribution in [1.82, 2.24) is 30.2 Å². The van der Waals surface area contributed by atoms with Crippen molar-refractivity contribution in [2.24, 2.45) is 0 Å². The molecule has 0 saturated carbocycles. The molecule has 0 radical (unpaired) electrons. The minimum atomic E-state index is -2.63. The number of alkyl halides is 2. The monoisotopic (exact) mass is 798 g/mol. The summed E-state index contributed by atoms with van der Waals surface area (Å²) in [5, 5.41) is 15.3. The second kappa shape index (κ2) is 15.7. The van der Waals surface area contributed by atoms with Gasteiger partial charge in [0, 0.05) is 87.6 Å². The molecular formula is C42H48F2N8O6. The highest BCUT2D eigenvalue weighted by Gasteiger charge is 2.45. The zero-order valence-corrected chi connectivity index (χ0v) is 32.8. The van der Waals surface area contributed by atoms with E-state index in [0.29, 0.717) is 81.8 Å². The highest BCUT2D eigenvalue weighted by molar-refractivity contribution is 6.23. The molecule has 2 fully saturated rings. The highest BCUT2D eigenvalue weighted by Crippen LogP contribution is 2.36. The van der Waals surface area contributed by atoms with Crippen molar-refractivity contribution in [3.8, 4) is 0 Å². The molecular weight excluding hydrogens is 751 g/mol. The van der Waals surface area contributed by atoms with Crippen molar-refractivity contribution in [2.45, 2.75) is 90.3 Å². The molecule has 16 heteroatoms. The van der Waals surface area contributed by atoms with E-state index in [9.17, 15) is 43.0 Å². The number of amidine groups is 1. The maximum absolute atomic E-state index is 13.9. The number of benzene rings is 2. The predicted molar refractivity (Wildman–Crippen MR) is 208 cm³/mol. The van der Waals surface area contributed by atoms with Crippen molar-refractivity contribution in [2.75, 3.05) is 50.7 Å². The molecule has 0 aromatic heterocycles. The van der Waals surface area contributed by atoms with Crippen LogP contribution in [0.25, 0.3) is 0 Å². The third-order valence-electron chi connectivity index (χ3n) is 12.6. The topological polar surface area (TPSA) is 167 Å². The Morgan fingerprint density at radius 2 is 1.57 bits per heavy atom. The molecule has 2 saturated heterocycles. The third kappa shape index (κ3) is 7.38. The Labute approximate surface area is 335 Å². The van der Waals surface area contributed by atoms with Crippen molar-refractivity contribution in [3.05, 3.63) is 74.5 Å². The van der Waals surface area contributed by atoms with E-state index in [1.165, 1.54) is 13.0 Å². The summed E-state index contributed by atoms with van der Waals surface area (Å²) < 4.78 is 27.9. The first-order valence-electron chi connectivity index (χ1n) is 20.2. The standard InChI is InChI=1S/C42H48F2N8O6/c1-23-16-26-4-3-11-51(35(26)19-29(23)38(43)44)39(45)32-21-50(24(2)53)15-10-33(32)46-28-8-13-49(14-9-28)37(55)22-48-12-7-25-17-30-31(18-27(25)20-48)42(58)52(41(30)57)34-5-6-36(54)47-40(34)56/h16-19,28,34,38,45-46H,3-15,20-22H2,1-2H3,(H,47,54,56). The van der Waals surface area contributed by atoms with Gasteiger partial charge in [-0.3, -0.25) is 49.3 Å². The van der Waals surface area contributed by atoms with Gasteiger partial charge < -0.3 is 20.0 Å². The van der Waals surface area contributed by atoms with Gasteiger partial charge in [-0.25, -0.2) is 8.78 Å². The number of piperidine rings is 2. The van der Waals surface area contributed by atoms with Gasteiger partial charge in [0.05, 0.1) is 24.2 Å². The molecule has 0 spiro atoms. The molecule has 8 rings (SSSR count). The summed E-state index contributed by atoms with van der Waals surface area (Å²) in [6.45, 7) is 6.76. The average molecular weight is 799 g/mol. The lowest BCUT2D eigenvalue weighted by Gasteiger charge is -2.39. The normalized spacial score (nSPS) is 21.6.